The number of aliphatic carboxylic acids is 2. The van der Waals surface area contributed by atoms with Crippen LogP contribution in [-0.4, -0.2) is 64.6 Å². The standard InChI is InChI=1S/C23H34O5.C6H14N4O2/c1-2-3-4-7-17(24)9-10-18-19-11-15-6-5-8-22(28-14-23(26)27)20(15)12-16(19)13-21(18)25;7-4(5(11)12)2-1-3-10-6(8)9/h5-6,8,16-19,21,24-25H,2-4,7,9-14H2,1H3,(H,26,27);4H,1-3,7H2,(H,11,12)(H4,8,9,10)/t16-,17-,18+,19-,21+;4-/m00/s1. The van der Waals surface area contributed by atoms with Gasteiger partial charge in [-0.1, -0.05) is 38.3 Å². The van der Waals surface area contributed by atoms with Gasteiger partial charge in [-0.25, -0.2) is 0 Å². The minimum atomic E-state index is -1.22. The van der Waals surface area contributed by atoms with Gasteiger partial charge in [0.25, 0.3) is 0 Å². The number of unbranched alkanes of at least 4 members (excludes halogenated alkanes) is 2. The molecule has 0 radical (unpaired) electrons. The summed E-state index contributed by atoms with van der Waals surface area (Å²) in [5, 5.41) is 40.1. The zero-order valence-electron chi connectivity index (χ0n) is 23.6. The summed E-state index contributed by atoms with van der Waals surface area (Å²) in [4.78, 5) is 23.6. The number of carboxylic acid groups (broad SMARTS) is 2. The van der Waals surface area contributed by atoms with Crippen LogP contribution >= 0.6 is 0 Å². The van der Waals surface area contributed by atoms with E-state index in [9.17, 15) is 24.9 Å². The summed E-state index contributed by atoms with van der Waals surface area (Å²) in [7, 11) is 0. The van der Waals surface area contributed by atoms with E-state index in [1.807, 2.05) is 12.1 Å². The van der Waals surface area contributed by atoms with Crippen molar-refractivity contribution in [3.05, 3.63) is 29.3 Å². The fourth-order valence-electron chi connectivity index (χ4n) is 5.91. The maximum absolute atomic E-state index is 10.7. The molecule has 1 fully saturated rings. The van der Waals surface area contributed by atoms with Gasteiger partial charge < -0.3 is 35.7 Å². The molecule has 40 heavy (non-hydrogen) atoms. The Labute approximate surface area is 236 Å². The summed E-state index contributed by atoms with van der Waals surface area (Å²) in [6, 6.07) is 5.00. The number of hydrogen-bond acceptors (Lipinski definition) is 7. The zero-order valence-corrected chi connectivity index (χ0v) is 23.6. The Morgan fingerprint density at radius 3 is 2.55 bits per heavy atom. The molecule has 0 aromatic heterocycles. The number of nitrogens with one attached hydrogen (secondary N) is 1. The second-order valence-corrected chi connectivity index (χ2v) is 11.0. The number of fused-ring (bicyclic) bond motifs is 2. The highest BCUT2D eigenvalue weighted by atomic mass is 16.5. The van der Waals surface area contributed by atoms with Crippen LogP contribution in [0.3, 0.4) is 0 Å². The molecule has 226 valence electrons. The van der Waals surface area contributed by atoms with Crippen molar-refractivity contribution in [1.82, 2.24) is 0 Å². The largest absolute Gasteiger partial charge is 0.546 e. The third-order valence-electron chi connectivity index (χ3n) is 8.00. The molecular weight excluding hydrogens is 516 g/mol. The van der Waals surface area contributed by atoms with E-state index in [-0.39, 0.29) is 24.1 Å². The van der Waals surface area contributed by atoms with E-state index in [1.165, 1.54) is 5.56 Å². The van der Waals surface area contributed by atoms with E-state index in [0.29, 0.717) is 37.0 Å². The molecule has 0 amide bonds. The third kappa shape index (κ3) is 10.9. The molecule has 11 heteroatoms. The number of hydrogen-bond donors (Lipinski definition) is 7. The monoisotopic (exact) mass is 564 g/mol. The Morgan fingerprint density at radius 2 is 1.90 bits per heavy atom. The Bertz CT molecular complexity index is 970. The first-order valence-corrected chi connectivity index (χ1v) is 14.4. The highest BCUT2D eigenvalue weighted by Gasteiger charge is 2.44. The van der Waals surface area contributed by atoms with Gasteiger partial charge in [0.05, 0.1) is 24.7 Å². The van der Waals surface area contributed by atoms with E-state index < -0.39 is 24.6 Å². The fraction of sp³-hybridized carbons (Fsp3) is 0.690. The summed E-state index contributed by atoms with van der Waals surface area (Å²) in [5.74, 6) is -0.408. The molecule has 0 unspecified atom stereocenters. The smallest absolute Gasteiger partial charge is 0.338 e. The van der Waals surface area contributed by atoms with Crippen molar-refractivity contribution in [3.8, 4) is 5.75 Å². The van der Waals surface area contributed by atoms with Gasteiger partial charge in [-0.15, -0.1) is 0 Å². The molecular formula is C29H48N4O7. The van der Waals surface area contributed by atoms with Crippen molar-refractivity contribution in [3.63, 3.8) is 0 Å². The lowest BCUT2D eigenvalue weighted by Crippen LogP contribution is -2.78. The predicted octanol–water partition coefficient (Wildman–Crippen LogP) is -1.22. The minimum absolute atomic E-state index is 0.138. The lowest BCUT2D eigenvalue weighted by molar-refractivity contribution is -0.459. The number of rotatable bonds is 15. The van der Waals surface area contributed by atoms with Crippen LogP contribution < -0.4 is 32.0 Å². The quantitative estimate of drug-likeness (QED) is 0.0764. The second kappa shape index (κ2) is 17.0. The van der Waals surface area contributed by atoms with Gasteiger partial charge in [0.1, 0.15) is 18.4 Å². The molecule has 0 aliphatic heterocycles. The topological polar surface area (TPSA) is 219 Å². The number of guanidine groups is 1. The summed E-state index contributed by atoms with van der Waals surface area (Å²) < 4.78 is 5.44. The van der Waals surface area contributed by atoms with E-state index in [0.717, 1.165) is 63.4 Å². The van der Waals surface area contributed by atoms with Crippen LogP contribution in [-0.2, 0) is 22.4 Å². The van der Waals surface area contributed by atoms with Crippen LogP contribution in [0.4, 0.5) is 0 Å². The van der Waals surface area contributed by atoms with Gasteiger partial charge in [0.15, 0.2) is 0 Å². The number of aliphatic hydroxyl groups is 2. The van der Waals surface area contributed by atoms with Gasteiger partial charge >= 0.3 is 11.9 Å². The van der Waals surface area contributed by atoms with Crippen LogP contribution in [0.25, 0.3) is 0 Å². The Morgan fingerprint density at radius 1 is 1.15 bits per heavy atom. The Balaban J connectivity index is 0.000000395. The van der Waals surface area contributed by atoms with E-state index >= 15 is 0 Å². The van der Waals surface area contributed by atoms with Gasteiger partial charge in [0.2, 0.25) is 0 Å². The van der Waals surface area contributed by atoms with Crippen molar-refractivity contribution < 1.29 is 39.7 Å². The summed E-state index contributed by atoms with van der Waals surface area (Å²) in [5.41, 5.74) is 17.7. The summed E-state index contributed by atoms with van der Waals surface area (Å²) in [6.07, 6.45) is 8.80. The van der Waals surface area contributed by atoms with Crippen LogP contribution in [0, 0.1) is 17.8 Å². The number of ether oxygens (including phenoxy) is 1. The van der Waals surface area contributed by atoms with Crippen LogP contribution in [0.1, 0.15) is 75.8 Å². The average Bonchev–Trinajstić information content (AvgIpc) is 3.21. The first kappa shape index (κ1) is 33.3. The van der Waals surface area contributed by atoms with E-state index in [4.69, 9.17) is 27.0 Å². The maximum atomic E-state index is 10.7. The molecule has 1 aromatic rings. The predicted molar refractivity (Wildman–Crippen MR) is 149 cm³/mol. The molecule has 1 saturated carbocycles. The molecule has 10 N–H and O–H groups in total. The van der Waals surface area contributed by atoms with Gasteiger partial charge in [-0.3, -0.25) is 21.3 Å². The number of carbonyl (C=O) groups is 2. The van der Waals surface area contributed by atoms with Crippen LogP contribution in [0.5, 0.6) is 5.75 Å². The van der Waals surface area contributed by atoms with Gasteiger partial charge in [0, 0.05) is 0 Å². The van der Waals surface area contributed by atoms with Gasteiger partial charge in [-0.05, 0) is 86.3 Å². The number of benzene rings is 1. The molecule has 6 atom stereocenters. The molecule has 0 heterocycles. The van der Waals surface area contributed by atoms with Crippen molar-refractivity contribution >= 4 is 17.9 Å². The molecule has 0 saturated heterocycles. The minimum Gasteiger partial charge on any atom is -0.546 e. The molecule has 2 aliphatic carbocycles. The number of aliphatic hydroxyl groups excluding tert-OH is 2. The van der Waals surface area contributed by atoms with Crippen molar-refractivity contribution in [2.75, 3.05) is 13.2 Å². The van der Waals surface area contributed by atoms with E-state index in [2.05, 4.69) is 18.0 Å². The van der Waals surface area contributed by atoms with Crippen molar-refractivity contribution in [2.24, 2.45) is 35.0 Å². The normalized spacial score (nSPS) is 22.6. The average molecular weight is 565 g/mol. The van der Waals surface area contributed by atoms with Crippen molar-refractivity contribution in [1.29, 1.82) is 0 Å². The summed E-state index contributed by atoms with van der Waals surface area (Å²) in [6.45, 7) is 2.27. The molecule has 0 spiro atoms. The highest BCUT2D eigenvalue weighted by Crippen LogP contribution is 2.48. The van der Waals surface area contributed by atoms with Gasteiger partial charge in [-0.2, -0.15) is 0 Å². The fourth-order valence-corrected chi connectivity index (χ4v) is 5.91. The first-order valence-electron chi connectivity index (χ1n) is 14.4. The zero-order chi connectivity index (χ0) is 29.7. The molecule has 11 nitrogen and oxygen atoms in total. The Hall–Kier alpha value is -2.89. The molecule has 1 aromatic carbocycles. The van der Waals surface area contributed by atoms with Crippen molar-refractivity contribution in [2.45, 2.75) is 95.8 Å². The highest BCUT2D eigenvalue weighted by molar-refractivity contribution is 5.73. The van der Waals surface area contributed by atoms with Crippen LogP contribution in [0.2, 0.25) is 0 Å². The molecule has 3 rings (SSSR count). The van der Waals surface area contributed by atoms with Crippen LogP contribution in [0.15, 0.2) is 18.2 Å². The second-order valence-electron chi connectivity index (χ2n) is 11.0. The molecule has 0 bridgehead atoms. The third-order valence-corrected chi connectivity index (χ3v) is 8.00. The number of carboxylic acids is 2. The Kier molecular flexibility index (Phi) is 14.2. The lowest BCUT2D eigenvalue weighted by Gasteiger charge is -2.32. The lowest BCUT2D eigenvalue weighted by atomic mass is 9.73. The SMILES string of the molecule is CCCCC[C@H](O)CC[C@@H]1[C@H]2Cc3cccc(OCC(=O)[O-])c3C[C@H]2C[C@H]1O.NC(N)=[NH+]CCC[C@H](N)C(=O)O. The number of nitrogens with two attached hydrogens (primary N) is 3. The summed E-state index contributed by atoms with van der Waals surface area (Å²) >= 11 is 0. The van der Waals surface area contributed by atoms with E-state index in [1.54, 1.807) is 0 Å². The first-order chi connectivity index (χ1) is 19.0. The number of carbonyl (C=O) groups excluding carboxylic acids is 1. The maximum Gasteiger partial charge on any atom is 0.338 e. The molecule has 2 aliphatic rings.